The summed E-state index contributed by atoms with van der Waals surface area (Å²) in [7, 11) is 1.59. The Hall–Kier alpha value is -3.60. The predicted molar refractivity (Wildman–Crippen MR) is 109 cm³/mol. The summed E-state index contributed by atoms with van der Waals surface area (Å²) in [5.74, 6) is 0.797. The number of Topliss-reactive ketones (excluding diaryl/α,β-unsaturated/α-hetero) is 1. The van der Waals surface area contributed by atoms with Crippen molar-refractivity contribution in [2.75, 3.05) is 12.0 Å². The van der Waals surface area contributed by atoms with Gasteiger partial charge in [-0.1, -0.05) is 18.2 Å². The van der Waals surface area contributed by atoms with Crippen molar-refractivity contribution in [3.63, 3.8) is 0 Å². The van der Waals surface area contributed by atoms with Crippen LogP contribution in [-0.2, 0) is 6.54 Å². The molecule has 0 atom stereocenters. The summed E-state index contributed by atoms with van der Waals surface area (Å²) >= 11 is 0. The maximum absolute atomic E-state index is 11.9. The van der Waals surface area contributed by atoms with Crippen LogP contribution in [0.5, 0.6) is 5.75 Å². The van der Waals surface area contributed by atoms with E-state index in [1.165, 1.54) is 6.92 Å². The third-order valence-corrected chi connectivity index (χ3v) is 4.64. The fourth-order valence-corrected chi connectivity index (χ4v) is 3.25. The van der Waals surface area contributed by atoms with Gasteiger partial charge in [0.1, 0.15) is 0 Å². The Morgan fingerprint density at radius 3 is 2.50 bits per heavy atom. The molecule has 2 aromatic carbocycles. The molecule has 2 aromatic heterocycles. The first-order chi connectivity index (χ1) is 13.7. The Morgan fingerprint density at radius 1 is 1.07 bits per heavy atom. The Bertz CT molecular complexity index is 1100. The Morgan fingerprint density at radius 2 is 1.82 bits per heavy atom. The summed E-state index contributed by atoms with van der Waals surface area (Å²) in [4.78, 5) is 18.2. The molecule has 0 bridgehead atoms. The van der Waals surface area contributed by atoms with Gasteiger partial charge >= 0.3 is 0 Å². The van der Waals surface area contributed by atoms with E-state index in [1.54, 1.807) is 25.6 Å². The smallest absolute Gasteiger partial charge is 0.194 e. The Kier molecular flexibility index (Phi) is 4.81. The summed E-state index contributed by atoms with van der Waals surface area (Å²) < 4.78 is 11.3. The number of aromatic nitrogens is 1. The molecule has 140 valence electrons. The highest BCUT2D eigenvalue weighted by Gasteiger charge is 2.20. The van der Waals surface area contributed by atoms with Gasteiger partial charge in [-0.05, 0) is 48.0 Å². The van der Waals surface area contributed by atoms with Crippen molar-refractivity contribution in [2.24, 2.45) is 0 Å². The second-order valence-corrected chi connectivity index (χ2v) is 6.47. The monoisotopic (exact) mass is 372 g/mol. The van der Waals surface area contributed by atoms with Crippen molar-refractivity contribution in [2.45, 2.75) is 13.5 Å². The number of pyridine rings is 1. The minimum absolute atomic E-state index is 0.121. The number of furan rings is 1. The van der Waals surface area contributed by atoms with E-state index in [0.29, 0.717) is 23.6 Å². The fourth-order valence-electron chi connectivity index (χ4n) is 3.25. The molecule has 0 saturated carbocycles. The zero-order valence-electron chi connectivity index (χ0n) is 15.8. The molecule has 0 spiro atoms. The number of anilines is 2. The van der Waals surface area contributed by atoms with Crippen molar-refractivity contribution in [3.05, 3.63) is 84.4 Å². The molecule has 0 aliphatic rings. The van der Waals surface area contributed by atoms with Crippen molar-refractivity contribution >= 4 is 28.1 Å². The average Bonchev–Trinajstić information content (AvgIpc) is 3.19. The van der Waals surface area contributed by atoms with Gasteiger partial charge in [-0.25, -0.2) is 0 Å². The maximum Gasteiger partial charge on any atom is 0.194 e. The van der Waals surface area contributed by atoms with Gasteiger partial charge in [-0.15, -0.1) is 0 Å². The number of carbonyl (C=O) groups is 1. The fraction of sp³-hybridized carbons (Fsp3) is 0.130. The SMILES string of the molecule is COc1ccc(N(Cc2ccncc2)c2ccccc2)c2cc(C(C)=O)oc12. The van der Waals surface area contributed by atoms with Crippen molar-refractivity contribution in [1.29, 1.82) is 0 Å². The largest absolute Gasteiger partial charge is 0.493 e. The number of hydrogen-bond donors (Lipinski definition) is 0. The van der Waals surface area contributed by atoms with Crippen molar-refractivity contribution < 1.29 is 13.9 Å². The van der Waals surface area contributed by atoms with Crippen LogP contribution in [0.25, 0.3) is 11.0 Å². The van der Waals surface area contributed by atoms with Crippen LogP contribution in [0.2, 0.25) is 0 Å². The van der Waals surface area contributed by atoms with Gasteiger partial charge in [0.15, 0.2) is 22.9 Å². The van der Waals surface area contributed by atoms with Crippen LogP contribution in [0.15, 0.2) is 77.5 Å². The number of ether oxygens (including phenoxy) is 1. The molecule has 4 aromatic rings. The summed E-state index contributed by atoms with van der Waals surface area (Å²) in [5, 5.41) is 0.836. The van der Waals surface area contributed by atoms with E-state index < -0.39 is 0 Å². The number of methoxy groups -OCH3 is 1. The summed E-state index contributed by atoms with van der Waals surface area (Å²) in [5.41, 5.74) is 3.67. The lowest BCUT2D eigenvalue weighted by Crippen LogP contribution is -2.16. The highest BCUT2D eigenvalue weighted by atomic mass is 16.5. The lowest BCUT2D eigenvalue weighted by Gasteiger charge is -2.26. The minimum Gasteiger partial charge on any atom is -0.493 e. The van der Waals surface area contributed by atoms with E-state index in [1.807, 2.05) is 42.5 Å². The van der Waals surface area contributed by atoms with E-state index in [2.05, 4.69) is 22.0 Å². The minimum atomic E-state index is -0.121. The average molecular weight is 372 g/mol. The lowest BCUT2D eigenvalue weighted by molar-refractivity contribution is 0.0989. The van der Waals surface area contributed by atoms with Gasteiger partial charge in [-0.2, -0.15) is 0 Å². The van der Waals surface area contributed by atoms with E-state index >= 15 is 0 Å². The summed E-state index contributed by atoms with van der Waals surface area (Å²) in [6.45, 7) is 2.14. The highest BCUT2D eigenvalue weighted by molar-refractivity contribution is 6.02. The molecule has 2 heterocycles. The number of ketones is 1. The first-order valence-electron chi connectivity index (χ1n) is 9.00. The van der Waals surface area contributed by atoms with E-state index in [4.69, 9.17) is 9.15 Å². The quantitative estimate of drug-likeness (QED) is 0.426. The molecule has 0 aliphatic heterocycles. The molecule has 0 radical (unpaired) electrons. The Labute approximate surface area is 163 Å². The molecule has 0 amide bonds. The molecule has 0 unspecified atom stereocenters. The predicted octanol–water partition coefficient (Wildman–Crippen LogP) is 5.38. The van der Waals surface area contributed by atoms with Gasteiger partial charge in [0.25, 0.3) is 0 Å². The van der Waals surface area contributed by atoms with Gasteiger partial charge in [-0.3, -0.25) is 9.78 Å². The van der Waals surface area contributed by atoms with Crippen molar-refractivity contribution in [1.82, 2.24) is 4.98 Å². The zero-order valence-corrected chi connectivity index (χ0v) is 15.8. The normalized spacial score (nSPS) is 10.8. The topological polar surface area (TPSA) is 55.6 Å². The van der Waals surface area contributed by atoms with Crippen LogP contribution in [0, 0.1) is 0 Å². The van der Waals surface area contributed by atoms with Gasteiger partial charge in [0.05, 0.1) is 12.8 Å². The molecule has 4 rings (SSSR count). The number of nitrogens with zero attached hydrogens (tertiary/aromatic N) is 2. The Balaban J connectivity index is 1.90. The lowest BCUT2D eigenvalue weighted by atomic mass is 10.1. The van der Waals surface area contributed by atoms with E-state index in [9.17, 15) is 4.79 Å². The van der Waals surface area contributed by atoms with Crippen LogP contribution in [-0.4, -0.2) is 17.9 Å². The molecule has 0 N–H and O–H groups in total. The zero-order chi connectivity index (χ0) is 19.5. The molecule has 5 heteroatoms. The van der Waals surface area contributed by atoms with Gasteiger partial charge < -0.3 is 14.1 Å². The van der Waals surface area contributed by atoms with Crippen LogP contribution in [0.3, 0.4) is 0 Å². The molecule has 0 aliphatic carbocycles. The number of rotatable bonds is 6. The number of fused-ring (bicyclic) bond motifs is 1. The molecule has 0 fully saturated rings. The van der Waals surface area contributed by atoms with Crippen LogP contribution in [0.1, 0.15) is 23.0 Å². The molecular formula is C23H20N2O3. The number of para-hydroxylation sites is 1. The molecule has 0 saturated heterocycles. The summed E-state index contributed by atoms with van der Waals surface area (Å²) in [6, 6.07) is 19.8. The van der Waals surface area contributed by atoms with Gasteiger partial charge in [0.2, 0.25) is 0 Å². The first kappa shape index (κ1) is 17.8. The molecular weight excluding hydrogens is 352 g/mol. The number of hydrogen-bond acceptors (Lipinski definition) is 5. The third-order valence-electron chi connectivity index (χ3n) is 4.64. The second kappa shape index (κ2) is 7.56. The molecule has 5 nitrogen and oxygen atoms in total. The summed E-state index contributed by atoms with van der Waals surface area (Å²) in [6.07, 6.45) is 3.57. The molecule has 28 heavy (non-hydrogen) atoms. The van der Waals surface area contributed by atoms with Crippen molar-refractivity contribution in [3.8, 4) is 5.75 Å². The first-order valence-corrected chi connectivity index (χ1v) is 9.00. The van der Waals surface area contributed by atoms with Crippen LogP contribution < -0.4 is 9.64 Å². The van der Waals surface area contributed by atoms with Crippen LogP contribution >= 0.6 is 0 Å². The van der Waals surface area contributed by atoms with E-state index in [-0.39, 0.29) is 5.78 Å². The van der Waals surface area contributed by atoms with Gasteiger partial charge in [0, 0.05) is 36.9 Å². The number of benzene rings is 2. The third kappa shape index (κ3) is 3.34. The standard InChI is InChI=1S/C23H20N2O3/c1-16(26)22-14-19-20(8-9-21(27-2)23(19)28-22)25(18-6-4-3-5-7-18)15-17-10-12-24-13-11-17/h3-14H,15H2,1-2H3. The second-order valence-electron chi connectivity index (χ2n) is 6.47. The van der Waals surface area contributed by atoms with E-state index in [0.717, 1.165) is 22.3 Å². The maximum atomic E-state index is 11.9. The van der Waals surface area contributed by atoms with Crippen LogP contribution in [0.4, 0.5) is 11.4 Å². The number of carbonyl (C=O) groups excluding carboxylic acids is 1. The highest BCUT2D eigenvalue weighted by Crippen LogP contribution is 2.39.